The lowest BCUT2D eigenvalue weighted by atomic mass is 9.88. The number of nitrogens with zero attached hydrogens (tertiary/aromatic N) is 3. The zero-order valence-electron chi connectivity index (χ0n) is 14.6. The van der Waals surface area contributed by atoms with Crippen molar-refractivity contribution in [2.75, 3.05) is 6.54 Å². The zero-order valence-corrected chi connectivity index (χ0v) is 15.5. The summed E-state index contributed by atoms with van der Waals surface area (Å²) in [6.45, 7) is 4.95. The van der Waals surface area contributed by atoms with Gasteiger partial charge in [0.2, 0.25) is 0 Å². The summed E-state index contributed by atoms with van der Waals surface area (Å²) in [6.07, 6.45) is 3.65. The van der Waals surface area contributed by atoms with E-state index >= 15 is 0 Å². The second kappa shape index (κ2) is 7.61. The zero-order chi connectivity index (χ0) is 17.8. The van der Waals surface area contributed by atoms with E-state index in [1.165, 1.54) is 16.9 Å². The Balaban J connectivity index is 1.67. The number of thiazole rings is 1. The van der Waals surface area contributed by atoms with Crippen LogP contribution in [0.3, 0.4) is 0 Å². The summed E-state index contributed by atoms with van der Waals surface area (Å²) in [5.74, 6) is 0.582. The summed E-state index contributed by atoms with van der Waals surface area (Å²) >= 11 is 1.46. The topological polar surface area (TPSA) is 59.8 Å². The number of amides is 1. The smallest absolute Gasteiger partial charge is 0.270 e. The van der Waals surface area contributed by atoms with Crippen molar-refractivity contribution in [2.24, 2.45) is 13.0 Å². The summed E-state index contributed by atoms with van der Waals surface area (Å²) < 4.78 is 1.73. The molecule has 0 radical (unpaired) electrons. The maximum atomic E-state index is 12.5. The molecule has 1 amide bonds. The lowest BCUT2D eigenvalue weighted by molar-refractivity contribution is 0.0945. The third kappa shape index (κ3) is 4.14. The molecule has 2 aromatic heterocycles. The van der Waals surface area contributed by atoms with Crippen LogP contribution in [0.5, 0.6) is 0 Å². The van der Waals surface area contributed by atoms with Crippen molar-refractivity contribution in [3.8, 4) is 10.6 Å². The standard InChI is InChI=1S/C19H22N4OS/c1-13(2)16(14-7-5-4-6-8-14)10-20-18(24)17-12-25-19(22-17)15-9-21-23(3)11-15/h4-9,11-13,16H,10H2,1-3H3,(H,20,24). The molecule has 3 aromatic rings. The Morgan fingerprint density at radius 3 is 2.68 bits per heavy atom. The van der Waals surface area contributed by atoms with Crippen LogP contribution in [0.15, 0.2) is 48.1 Å². The summed E-state index contributed by atoms with van der Waals surface area (Å²) in [5.41, 5.74) is 2.63. The van der Waals surface area contributed by atoms with Gasteiger partial charge < -0.3 is 5.32 Å². The Bertz CT molecular complexity index is 838. The van der Waals surface area contributed by atoms with Crippen molar-refractivity contribution in [1.82, 2.24) is 20.1 Å². The Morgan fingerprint density at radius 1 is 1.28 bits per heavy atom. The number of benzene rings is 1. The van der Waals surface area contributed by atoms with Gasteiger partial charge in [-0.25, -0.2) is 4.98 Å². The van der Waals surface area contributed by atoms with Crippen LogP contribution in [0.25, 0.3) is 10.6 Å². The summed E-state index contributed by atoms with van der Waals surface area (Å²) in [7, 11) is 1.86. The Labute approximate surface area is 151 Å². The van der Waals surface area contributed by atoms with Gasteiger partial charge in [-0.2, -0.15) is 5.10 Å². The number of aromatic nitrogens is 3. The maximum Gasteiger partial charge on any atom is 0.270 e. The van der Waals surface area contributed by atoms with Gasteiger partial charge in [-0.3, -0.25) is 9.48 Å². The van der Waals surface area contributed by atoms with E-state index in [4.69, 9.17) is 0 Å². The molecule has 0 saturated heterocycles. The molecule has 5 nitrogen and oxygen atoms in total. The molecule has 0 spiro atoms. The quantitative estimate of drug-likeness (QED) is 0.734. The fourth-order valence-corrected chi connectivity index (χ4v) is 3.55. The first-order chi connectivity index (χ1) is 12.0. The molecule has 0 bridgehead atoms. The molecule has 1 aromatic carbocycles. The highest BCUT2D eigenvalue weighted by molar-refractivity contribution is 7.13. The van der Waals surface area contributed by atoms with Crippen LogP contribution in [-0.2, 0) is 7.05 Å². The molecule has 1 atom stereocenters. The second-order valence-electron chi connectivity index (χ2n) is 6.41. The molecular formula is C19H22N4OS. The molecule has 0 aliphatic heterocycles. The van der Waals surface area contributed by atoms with Gasteiger partial charge in [0.25, 0.3) is 5.91 Å². The first-order valence-electron chi connectivity index (χ1n) is 8.32. The molecule has 0 aliphatic rings. The van der Waals surface area contributed by atoms with E-state index in [9.17, 15) is 4.79 Å². The maximum absolute atomic E-state index is 12.5. The highest BCUT2D eigenvalue weighted by Gasteiger charge is 2.18. The second-order valence-corrected chi connectivity index (χ2v) is 7.27. The number of aryl methyl sites for hydroxylation is 1. The van der Waals surface area contributed by atoms with Crippen molar-refractivity contribution in [2.45, 2.75) is 19.8 Å². The van der Waals surface area contributed by atoms with Gasteiger partial charge in [-0.15, -0.1) is 11.3 Å². The first kappa shape index (κ1) is 17.4. The minimum atomic E-state index is -0.132. The predicted octanol–water partition coefficient (Wildman–Crippen LogP) is 3.71. The predicted molar refractivity (Wildman–Crippen MR) is 101 cm³/mol. The lowest BCUT2D eigenvalue weighted by Gasteiger charge is -2.21. The SMILES string of the molecule is CC(C)C(CNC(=O)c1csc(-c2cnn(C)c2)n1)c1ccccc1. The molecule has 6 heteroatoms. The minimum absolute atomic E-state index is 0.132. The van der Waals surface area contributed by atoms with Crippen molar-refractivity contribution in [3.63, 3.8) is 0 Å². The number of hydrogen-bond acceptors (Lipinski definition) is 4. The monoisotopic (exact) mass is 354 g/mol. The molecule has 0 fully saturated rings. The van der Waals surface area contributed by atoms with Crippen molar-refractivity contribution in [3.05, 3.63) is 59.4 Å². The van der Waals surface area contributed by atoms with Gasteiger partial charge in [0.15, 0.2) is 0 Å². The Kier molecular flexibility index (Phi) is 5.28. The fraction of sp³-hybridized carbons (Fsp3) is 0.316. The molecule has 1 N–H and O–H groups in total. The third-order valence-corrected chi connectivity index (χ3v) is 5.10. The van der Waals surface area contributed by atoms with E-state index in [2.05, 4.69) is 41.4 Å². The fourth-order valence-electron chi connectivity index (χ4n) is 2.77. The molecule has 1 unspecified atom stereocenters. The van der Waals surface area contributed by atoms with Crippen molar-refractivity contribution in [1.29, 1.82) is 0 Å². The molecule has 25 heavy (non-hydrogen) atoms. The third-order valence-electron chi connectivity index (χ3n) is 4.20. The van der Waals surface area contributed by atoms with Crippen LogP contribution >= 0.6 is 11.3 Å². The van der Waals surface area contributed by atoms with Gasteiger partial charge in [0, 0.05) is 36.7 Å². The molecule has 0 aliphatic carbocycles. The summed E-state index contributed by atoms with van der Waals surface area (Å²) in [5, 5.41) is 9.78. The van der Waals surface area contributed by atoms with Gasteiger partial charge in [0.05, 0.1) is 6.20 Å². The van der Waals surface area contributed by atoms with Crippen LogP contribution < -0.4 is 5.32 Å². The van der Waals surface area contributed by atoms with E-state index in [-0.39, 0.29) is 11.8 Å². The van der Waals surface area contributed by atoms with E-state index in [1.54, 1.807) is 16.3 Å². The van der Waals surface area contributed by atoms with E-state index in [0.29, 0.717) is 18.2 Å². The molecular weight excluding hydrogens is 332 g/mol. The largest absolute Gasteiger partial charge is 0.350 e. The molecule has 2 heterocycles. The highest BCUT2D eigenvalue weighted by Crippen LogP contribution is 2.25. The number of carbonyl (C=O) groups is 1. The Hall–Kier alpha value is -2.47. The average Bonchev–Trinajstić information content (AvgIpc) is 3.24. The van der Waals surface area contributed by atoms with Gasteiger partial charge in [-0.05, 0) is 11.5 Å². The van der Waals surface area contributed by atoms with E-state index in [0.717, 1.165) is 10.6 Å². The number of nitrogens with one attached hydrogen (secondary N) is 1. The minimum Gasteiger partial charge on any atom is -0.350 e. The summed E-state index contributed by atoms with van der Waals surface area (Å²) in [6, 6.07) is 10.3. The van der Waals surface area contributed by atoms with Crippen molar-refractivity contribution >= 4 is 17.2 Å². The van der Waals surface area contributed by atoms with Gasteiger partial charge in [0.1, 0.15) is 10.7 Å². The first-order valence-corrected chi connectivity index (χ1v) is 9.20. The molecule has 3 rings (SSSR count). The van der Waals surface area contributed by atoms with Gasteiger partial charge in [-0.1, -0.05) is 44.2 Å². The van der Waals surface area contributed by atoms with Crippen LogP contribution in [0.2, 0.25) is 0 Å². The number of hydrogen-bond donors (Lipinski definition) is 1. The van der Waals surface area contributed by atoms with Crippen LogP contribution in [0.1, 0.15) is 35.8 Å². The average molecular weight is 354 g/mol. The Morgan fingerprint density at radius 2 is 2.04 bits per heavy atom. The van der Waals surface area contributed by atoms with E-state index < -0.39 is 0 Å². The van der Waals surface area contributed by atoms with Crippen LogP contribution in [0.4, 0.5) is 0 Å². The molecule has 130 valence electrons. The normalized spacial score (nSPS) is 12.3. The summed E-state index contributed by atoms with van der Waals surface area (Å²) in [4.78, 5) is 16.9. The van der Waals surface area contributed by atoms with E-state index in [1.807, 2.05) is 31.4 Å². The molecule has 0 saturated carbocycles. The van der Waals surface area contributed by atoms with Gasteiger partial charge >= 0.3 is 0 Å². The lowest BCUT2D eigenvalue weighted by Crippen LogP contribution is -2.30. The van der Waals surface area contributed by atoms with Crippen LogP contribution in [0, 0.1) is 5.92 Å². The number of carbonyl (C=O) groups excluding carboxylic acids is 1. The highest BCUT2D eigenvalue weighted by atomic mass is 32.1. The number of rotatable bonds is 6. The van der Waals surface area contributed by atoms with Crippen molar-refractivity contribution < 1.29 is 4.79 Å². The van der Waals surface area contributed by atoms with Crippen LogP contribution in [-0.4, -0.2) is 27.2 Å².